The number of alkyl halides is 6. The Morgan fingerprint density at radius 2 is 1.82 bits per heavy atom. The van der Waals surface area contributed by atoms with E-state index in [2.05, 4.69) is 14.8 Å². The van der Waals surface area contributed by atoms with Crippen molar-refractivity contribution in [2.75, 3.05) is 50.7 Å². The number of ether oxygens (including phenoxy) is 1. The third-order valence-corrected chi connectivity index (χ3v) is 6.61. The molecule has 0 spiro atoms. The van der Waals surface area contributed by atoms with Crippen LogP contribution in [0.1, 0.15) is 36.4 Å². The molecule has 0 aromatic carbocycles. The molecular weight excluding hydrogens is 522 g/mol. The number of pyridine rings is 1. The highest BCUT2D eigenvalue weighted by Gasteiger charge is 2.36. The molecule has 0 aliphatic carbocycles. The van der Waals surface area contributed by atoms with Gasteiger partial charge in [0.05, 0.1) is 11.9 Å². The predicted octanol–water partition coefficient (Wildman–Crippen LogP) is 3.00. The van der Waals surface area contributed by atoms with Crippen LogP contribution >= 0.6 is 0 Å². The number of likely N-dealkylation sites (tertiary alicyclic amines) is 1. The average Bonchev–Trinajstić information content (AvgIpc) is 2.87. The highest BCUT2D eigenvalue weighted by atomic mass is 19.4. The van der Waals surface area contributed by atoms with Crippen LogP contribution in [0.15, 0.2) is 29.2 Å². The number of aromatic amines is 1. The second-order valence-electron chi connectivity index (χ2n) is 9.19. The average molecular weight is 548 g/mol. The largest absolute Gasteiger partial charge is 0.573 e. The first-order valence-electron chi connectivity index (χ1n) is 12.0. The fourth-order valence-electron chi connectivity index (χ4n) is 4.69. The van der Waals surface area contributed by atoms with Gasteiger partial charge in [0, 0.05) is 51.6 Å². The number of amides is 1. The minimum Gasteiger partial charge on any atom is -0.404 e. The molecule has 2 aromatic rings. The normalized spacial score (nSPS) is 19.5. The van der Waals surface area contributed by atoms with Gasteiger partial charge < -0.3 is 19.4 Å². The van der Waals surface area contributed by atoms with E-state index in [1.54, 1.807) is 4.90 Å². The van der Waals surface area contributed by atoms with Crippen LogP contribution < -0.4 is 15.2 Å². The minimum absolute atomic E-state index is 0.0600. The van der Waals surface area contributed by atoms with Gasteiger partial charge in [-0.15, -0.1) is 13.2 Å². The Kier molecular flexibility index (Phi) is 8.13. The molecule has 2 aromatic heterocycles. The highest BCUT2D eigenvalue weighted by Crippen LogP contribution is 2.30. The number of halogens is 6. The molecule has 4 rings (SSSR count). The topological polar surface area (TPSA) is 94.7 Å². The summed E-state index contributed by atoms with van der Waals surface area (Å²) in [6.07, 6.45) is -6.98. The molecule has 208 valence electrons. The molecule has 1 unspecified atom stereocenters. The Bertz CT molecular complexity index is 1160. The number of piperazine rings is 1. The van der Waals surface area contributed by atoms with Gasteiger partial charge in [0.1, 0.15) is 17.1 Å². The molecule has 0 saturated carbocycles. The Morgan fingerprint density at radius 3 is 2.45 bits per heavy atom. The van der Waals surface area contributed by atoms with Crippen molar-refractivity contribution in [1.29, 1.82) is 0 Å². The van der Waals surface area contributed by atoms with Crippen LogP contribution in [-0.2, 0) is 11.0 Å². The molecule has 2 aliphatic rings. The van der Waals surface area contributed by atoms with Gasteiger partial charge in [-0.3, -0.25) is 9.59 Å². The third-order valence-electron chi connectivity index (χ3n) is 6.61. The Morgan fingerprint density at radius 1 is 1.08 bits per heavy atom. The van der Waals surface area contributed by atoms with Crippen LogP contribution in [0.4, 0.5) is 32.2 Å². The number of nitrogens with one attached hydrogen (secondary N) is 1. The van der Waals surface area contributed by atoms with Gasteiger partial charge in [0.15, 0.2) is 0 Å². The summed E-state index contributed by atoms with van der Waals surface area (Å²) >= 11 is 0. The summed E-state index contributed by atoms with van der Waals surface area (Å²) in [5, 5.41) is 5.77. The quantitative estimate of drug-likeness (QED) is 0.555. The summed E-state index contributed by atoms with van der Waals surface area (Å²) in [5.74, 6) is -0.279. The van der Waals surface area contributed by atoms with Crippen molar-refractivity contribution < 1.29 is 35.9 Å². The number of aromatic nitrogens is 3. The van der Waals surface area contributed by atoms with Crippen LogP contribution in [0.2, 0.25) is 0 Å². The summed E-state index contributed by atoms with van der Waals surface area (Å²) in [7, 11) is 0. The molecule has 9 nitrogen and oxygen atoms in total. The van der Waals surface area contributed by atoms with Crippen molar-refractivity contribution >= 4 is 11.7 Å². The van der Waals surface area contributed by atoms with Crippen LogP contribution in [0, 0.1) is 0 Å². The van der Waals surface area contributed by atoms with Crippen molar-refractivity contribution in [3.63, 3.8) is 0 Å². The lowest BCUT2D eigenvalue weighted by Crippen LogP contribution is -2.49. The molecule has 15 heteroatoms. The number of hydrogen-bond donors (Lipinski definition) is 1. The molecular formula is C23H26F6N6O3. The number of H-pyrrole nitrogens is 1. The standard InChI is InChI=1S/C23H26F6N6O3/c24-22(25,26)17-12-18(31-32-21(17)37)15-2-1-6-33(14-15)7-5-20(36)35-10-8-34(9-11-35)19-4-3-16(13-30-19)38-23(27,28)29/h3-4,12-13,15H,1-2,5-11,14H2,(H,32,37). The maximum atomic E-state index is 13.1. The lowest BCUT2D eigenvalue weighted by Gasteiger charge is -2.36. The second kappa shape index (κ2) is 11.2. The Hall–Kier alpha value is -3.36. The number of carbonyl (C=O) groups is 1. The number of carbonyl (C=O) groups excluding carboxylic acids is 1. The molecule has 1 atom stereocenters. The van der Waals surface area contributed by atoms with E-state index < -0.39 is 29.4 Å². The van der Waals surface area contributed by atoms with Gasteiger partial charge in [-0.05, 0) is 37.6 Å². The Labute approximate surface area is 213 Å². The number of rotatable bonds is 6. The molecule has 0 radical (unpaired) electrons. The molecule has 1 N–H and O–H groups in total. The first-order chi connectivity index (χ1) is 17.9. The number of piperidine rings is 1. The summed E-state index contributed by atoms with van der Waals surface area (Å²) in [6.45, 7) is 3.33. The van der Waals surface area contributed by atoms with Gasteiger partial charge in [0.2, 0.25) is 5.91 Å². The minimum atomic E-state index is -4.79. The summed E-state index contributed by atoms with van der Waals surface area (Å²) < 4.78 is 80.0. The van der Waals surface area contributed by atoms with Crippen molar-refractivity contribution in [1.82, 2.24) is 25.0 Å². The van der Waals surface area contributed by atoms with Crippen LogP contribution in [0.5, 0.6) is 5.75 Å². The fraction of sp³-hybridized carbons (Fsp3) is 0.565. The Balaban J connectivity index is 1.25. The first-order valence-corrected chi connectivity index (χ1v) is 12.0. The highest BCUT2D eigenvalue weighted by molar-refractivity contribution is 5.76. The van der Waals surface area contributed by atoms with Crippen LogP contribution in [-0.4, -0.2) is 83.1 Å². The van der Waals surface area contributed by atoms with Crippen molar-refractivity contribution in [2.24, 2.45) is 0 Å². The van der Waals surface area contributed by atoms with E-state index in [0.29, 0.717) is 58.1 Å². The molecule has 2 fully saturated rings. The molecule has 38 heavy (non-hydrogen) atoms. The van der Waals surface area contributed by atoms with Crippen LogP contribution in [0.3, 0.4) is 0 Å². The molecule has 2 saturated heterocycles. The van der Waals surface area contributed by atoms with Gasteiger partial charge in [-0.1, -0.05) is 0 Å². The van der Waals surface area contributed by atoms with Crippen LogP contribution in [0.25, 0.3) is 0 Å². The van der Waals surface area contributed by atoms with E-state index in [4.69, 9.17) is 0 Å². The monoisotopic (exact) mass is 548 g/mol. The molecule has 2 aliphatic heterocycles. The smallest absolute Gasteiger partial charge is 0.404 e. The lowest BCUT2D eigenvalue weighted by atomic mass is 9.93. The van der Waals surface area contributed by atoms with Crippen molar-refractivity contribution in [2.45, 2.75) is 37.7 Å². The van der Waals surface area contributed by atoms with Crippen molar-refractivity contribution in [3.8, 4) is 5.75 Å². The van der Waals surface area contributed by atoms with E-state index in [1.807, 2.05) is 14.9 Å². The molecule has 0 bridgehead atoms. The van der Waals surface area contributed by atoms with E-state index in [9.17, 15) is 35.9 Å². The lowest BCUT2D eigenvalue weighted by molar-refractivity contribution is -0.274. The van der Waals surface area contributed by atoms with Crippen molar-refractivity contribution in [3.05, 3.63) is 46.0 Å². The van der Waals surface area contributed by atoms with Gasteiger partial charge in [0.25, 0.3) is 5.56 Å². The second-order valence-corrected chi connectivity index (χ2v) is 9.19. The zero-order chi connectivity index (χ0) is 27.5. The predicted molar refractivity (Wildman–Crippen MR) is 123 cm³/mol. The maximum absolute atomic E-state index is 13.1. The molecule has 4 heterocycles. The number of hydrogen-bond acceptors (Lipinski definition) is 7. The van der Waals surface area contributed by atoms with E-state index in [1.165, 1.54) is 12.1 Å². The van der Waals surface area contributed by atoms with Gasteiger partial charge >= 0.3 is 12.5 Å². The number of anilines is 1. The van der Waals surface area contributed by atoms with Gasteiger partial charge in [-0.25, -0.2) is 10.1 Å². The zero-order valence-corrected chi connectivity index (χ0v) is 20.2. The molecule has 1 amide bonds. The van der Waals surface area contributed by atoms with E-state index >= 15 is 0 Å². The first kappa shape index (κ1) is 27.7. The third kappa shape index (κ3) is 7.14. The fourth-order valence-corrected chi connectivity index (χ4v) is 4.69. The zero-order valence-electron chi connectivity index (χ0n) is 20.2. The number of nitrogens with zero attached hydrogens (tertiary/aromatic N) is 5. The summed E-state index contributed by atoms with van der Waals surface area (Å²) in [4.78, 5) is 33.9. The van der Waals surface area contributed by atoms with E-state index in [0.717, 1.165) is 18.7 Å². The maximum Gasteiger partial charge on any atom is 0.573 e. The van der Waals surface area contributed by atoms with Gasteiger partial charge in [-0.2, -0.15) is 18.3 Å². The summed E-state index contributed by atoms with van der Waals surface area (Å²) in [6, 6.07) is 3.43. The SMILES string of the molecule is O=C(CCN1CCCC(c2cc(C(F)(F)F)c(=O)[nH]n2)C1)N1CCN(c2ccc(OC(F)(F)F)cn2)CC1. The van der Waals surface area contributed by atoms with E-state index in [-0.39, 0.29) is 23.9 Å². The summed E-state index contributed by atoms with van der Waals surface area (Å²) in [5.41, 5.74) is -2.37.